The first-order chi connectivity index (χ1) is 12.8. The molecular weight excluding hydrogens is 347 g/mol. The number of thioether (sulfide) groups is 1. The highest BCUT2D eigenvalue weighted by Crippen LogP contribution is 2.32. The van der Waals surface area contributed by atoms with Gasteiger partial charge in [0.2, 0.25) is 0 Å². The highest BCUT2D eigenvalue weighted by molar-refractivity contribution is 7.98. The van der Waals surface area contributed by atoms with Crippen LogP contribution in [0.25, 0.3) is 22.0 Å². The average Bonchev–Trinajstić information content (AvgIpc) is 3.14. The third-order valence-electron chi connectivity index (χ3n) is 4.25. The molecule has 4 rings (SSSR count). The smallest absolute Gasteiger partial charge is 0.127 e. The van der Waals surface area contributed by atoms with Gasteiger partial charge in [0.15, 0.2) is 0 Å². The lowest BCUT2D eigenvalue weighted by molar-refractivity contribution is 0.628. The normalized spacial score (nSPS) is 11.2. The standard InChI is InChI=1S/C20H17FN4S/c1-2-25-12-11-22-18(25)13-26-20-17-6-4-3-5-16(17)19(23-24-20)14-7-9-15(21)10-8-14/h3-12H,2,13H2,1H3. The van der Waals surface area contributed by atoms with Crippen molar-refractivity contribution in [2.45, 2.75) is 24.2 Å². The van der Waals surface area contributed by atoms with Crippen molar-refractivity contribution in [1.82, 2.24) is 19.7 Å². The maximum atomic E-state index is 13.2. The van der Waals surface area contributed by atoms with E-state index in [9.17, 15) is 4.39 Å². The summed E-state index contributed by atoms with van der Waals surface area (Å²) in [5, 5.41) is 11.8. The third kappa shape index (κ3) is 3.20. The van der Waals surface area contributed by atoms with Gasteiger partial charge in [0.25, 0.3) is 0 Å². The van der Waals surface area contributed by atoms with Crippen LogP contribution in [-0.2, 0) is 12.3 Å². The molecule has 2 heterocycles. The van der Waals surface area contributed by atoms with Crippen LogP contribution in [0.4, 0.5) is 4.39 Å². The number of fused-ring (bicyclic) bond motifs is 1. The zero-order valence-corrected chi connectivity index (χ0v) is 15.1. The maximum Gasteiger partial charge on any atom is 0.127 e. The maximum absolute atomic E-state index is 13.2. The summed E-state index contributed by atoms with van der Waals surface area (Å²) in [6.45, 7) is 2.99. The summed E-state index contributed by atoms with van der Waals surface area (Å²) in [4.78, 5) is 4.41. The number of hydrogen-bond acceptors (Lipinski definition) is 4. The van der Waals surface area contributed by atoms with E-state index in [0.717, 1.165) is 45.2 Å². The van der Waals surface area contributed by atoms with Gasteiger partial charge in [-0.15, -0.1) is 10.2 Å². The van der Waals surface area contributed by atoms with Crippen LogP contribution < -0.4 is 0 Å². The predicted molar refractivity (Wildman–Crippen MR) is 102 cm³/mol. The zero-order chi connectivity index (χ0) is 17.9. The second kappa shape index (κ2) is 7.25. The summed E-state index contributed by atoms with van der Waals surface area (Å²) in [6.07, 6.45) is 3.80. The number of aromatic nitrogens is 4. The van der Waals surface area contributed by atoms with E-state index in [-0.39, 0.29) is 5.82 Å². The van der Waals surface area contributed by atoms with Crippen molar-refractivity contribution >= 4 is 22.5 Å². The Morgan fingerprint density at radius 2 is 1.77 bits per heavy atom. The number of imidazole rings is 1. The molecule has 26 heavy (non-hydrogen) atoms. The summed E-state index contributed by atoms with van der Waals surface area (Å²) in [5.74, 6) is 1.49. The Bertz CT molecular complexity index is 1040. The van der Waals surface area contributed by atoms with Crippen LogP contribution in [0, 0.1) is 5.82 Å². The van der Waals surface area contributed by atoms with Gasteiger partial charge in [-0.3, -0.25) is 0 Å². The Morgan fingerprint density at radius 1 is 1.00 bits per heavy atom. The Hall–Kier alpha value is -2.73. The van der Waals surface area contributed by atoms with E-state index in [4.69, 9.17) is 0 Å². The molecule has 0 atom stereocenters. The zero-order valence-electron chi connectivity index (χ0n) is 14.3. The van der Waals surface area contributed by atoms with Gasteiger partial charge in [0, 0.05) is 35.3 Å². The minimum Gasteiger partial charge on any atom is -0.335 e. The van der Waals surface area contributed by atoms with Crippen molar-refractivity contribution < 1.29 is 4.39 Å². The van der Waals surface area contributed by atoms with Gasteiger partial charge in [-0.25, -0.2) is 9.37 Å². The first-order valence-corrected chi connectivity index (χ1v) is 9.39. The van der Waals surface area contributed by atoms with Gasteiger partial charge in [-0.05, 0) is 31.2 Å². The molecule has 0 spiro atoms. The third-order valence-corrected chi connectivity index (χ3v) is 5.23. The number of nitrogens with zero attached hydrogens (tertiary/aromatic N) is 4. The van der Waals surface area contributed by atoms with Crippen LogP contribution in [0.2, 0.25) is 0 Å². The average molecular weight is 364 g/mol. The van der Waals surface area contributed by atoms with Crippen LogP contribution >= 0.6 is 11.8 Å². The first kappa shape index (κ1) is 16.7. The van der Waals surface area contributed by atoms with Crippen molar-refractivity contribution in [2.24, 2.45) is 0 Å². The molecule has 0 unspecified atom stereocenters. The lowest BCUT2D eigenvalue weighted by Gasteiger charge is -2.09. The fraction of sp³-hybridized carbons (Fsp3) is 0.150. The minimum absolute atomic E-state index is 0.260. The Morgan fingerprint density at radius 3 is 2.54 bits per heavy atom. The minimum atomic E-state index is -0.260. The number of aryl methyl sites for hydroxylation is 1. The molecular formula is C20H17FN4S. The Kier molecular flexibility index (Phi) is 4.67. The van der Waals surface area contributed by atoms with E-state index in [1.54, 1.807) is 23.9 Å². The monoisotopic (exact) mass is 364 g/mol. The first-order valence-electron chi connectivity index (χ1n) is 8.40. The lowest BCUT2D eigenvalue weighted by Crippen LogP contribution is -2.00. The summed E-state index contributed by atoms with van der Waals surface area (Å²) in [6, 6.07) is 14.4. The van der Waals surface area contributed by atoms with E-state index < -0.39 is 0 Å². The van der Waals surface area contributed by atoms with E-state index in [0.29, 0.717) is 0 Å². The summed E-state index contributed by atoms with van der Waals surface area (Å²) >= 11 is 1.63. The summed E-state index contributed by atoms with van der Waals surface area (Å²) in [7, 11) is 0. The molecule has 6 heteroatoms. The highest BCUT2D eigenvalue weighted by atomic mass is 32.2. The van der Waals surface area contributed by atoms with Crippen molar-refractivity contribution in [3.05, 3.63) is 72.6 Å². The SMILES string of the molecule is CCn1ccnc1CSc1nnc(-c2ccc(F)cc2)c2ccccc12. The molecule has 0 amide bonds. The van der Waals surface area contributed by atoms with Gasteiger partial charge < -0.3 is 4.57 Å². The highest BCUT2D eigenvalue weighted by Gasteiger charge is 2.12. The predicted octanol–water partition coefficient (Wildman–Crippen LogP) is 4.94. The van der Waals surface area contributed by atoms with Gasteiger partial charge in [-0.1, -0.05) is 36.0 Å². The van der Waals surface area contributed by atoms with Gasteiger partial charge in [-0.2, -0.15) is 0 Å². The van der Waals surface area contributed by atoms with Gasteiger partial charge in [0.1, 0.15) is 22.4 Å². The molecule has 0 aliphatic rings. The molecule has 0 saturated carbocycles. The molecule has 0 N–H and O–H groups in total. The van der Waals surface area contributed by atoms with E-state index in [1.807, 2.05) is 36.7 Å². The van der Waals surface area contributed by atoms with Crippen molar-refractivity contribution in [3.63, 3.8) is 0 Å². The fourth-order valence-electron chi connectivity index (χ4n) is 2.91. The molecule has 4 nitrogen and oxygen atoms in total. The van der Waals surface area contributed by atoms with Gasteiger partial charge >= 0.3 is 0 Å². The molecule has 0 radical (unpaired) electrons. The number of benzene rings is 2. The molecule has 130 valence electrons. The van der Waals surface area contributed by atoms with Crippen LogP contribution in [0.15, 0.2) is 66.0 Å². The topological polar surface area (TPSA) is 43.6 Å². The second-order valence-corrected chi connectivity index (χ2v) is 6.79. The number of halogens is 1. The lowest BCUT2D eigenvalue weighted by atomic mass is 10.1. The molecule has 2 aromatic carbocycles. The Labute approximate surface area is 155 Å². The molecule has 0 saturated heterocycles. The van der Waals surface area contributed by atoms with Crippen LogP contribution in [-0.4, -0.2) is 19.7 Å². The molecule has 0 aliphatic carbocycles. The van der Waals surface area contributed by atoms with Crippen molar-refractivity contribution in [1.29, 1.82) is 0 Å². The Balaban J connectivity index is 1.71. The van der Waals surface area contributed by atoms with Crippen molar-refractivity contribution in [3.8, 4) is 11.3 Å². The van der Waals surface area contributed by atoms with Gasteiger partial charge in [0.05, 0.1) is 5.75 Å². The van der Waals surface area contributed by atoms with E-state index in [1.165, 1.54) is 12.1 Å². The van der Waals surface area contributed by atoms with Crippen LogP contribution in [0.3, 0.4) is 0 Å². The largest absolute Gasteiger partial charge is 0.335 e. The fourth-order valence-corrected chi connectivity index (χ4v) is 3.85. The summed E-state index contributed by atoms with van der Waals surface area (Å²) in [5.41, 5.74) is 1.62. The molecule has 0 bridgehead atoms. The molecule has 0 aliphatic heterocycles. The van der Waals surface area contributed by atoms with E-state index >= 15 is 0 Å². The summed E-state index contributed by atoms with van der Waals surface area (Å²) < 4.78 is 15.4. The molecule has 4 aromatic rings. The molecule has 2 aromatic heterocycles. The van der Waals surface area contributed by atoms with Crippen molar-refractivity contribution in [2.75, 3.05) is 0 Å². The quantitative estimate of drug-likeness (QED) is 0.470. The second-order valence-electron chi connectivity index (χ2n) is 5.82. The number of hydrogen-bond donors (Lipinski definition) is 0. The number of rotatable bonds is 5. The van der Waals surface area contributed by atoms with Crippen LogP contribution in [0.1, 0.15) is 12.7 Å². The van der Waals surface area contributed by atoms with E-state index in [2.05, 4.69) is 26.7 Å². The van der Waals surface area contributed by atoms with Crippen LogP contribution in [0.5, 0.6) is 0 Å². The molecule has 0 fully saturated rings.